The monoisotopic (exact) mass is 328 g/mol. The third kappa shape index (κ3) is 2.85. The van der Waals surface area contributed by atoms with Gasteiger partial charge >= 0.3 is 0 Å². The van der Waals surface area contributed by atoms with Crippen LogP contribution in [0.2, 0.25) is 10.0 Å². The number of carbonyl (C=O) groups excluding carboxylic acids is 1. The maximum atomic E-state index is 11.7. The molecule has 0 aromatic heterocycles. The second kappa shape index (κ2) is 5.67. The fourth-order valence-electron chi connectivity index (χ4n) is 3.45. The molecular formula is C15H18Cl2N2O2. The van der Waals surface area contributed by atoms with E-state index in [1.807, 2.05) is 0 Å². The van der Waals surface area contributed by atoms with Gasteiger partial charge in [0.2, 0.25) is 5.91 Å². The second-order valence-electron chi connectivity index (χ2n) is 6.02. The van der Waals surface area contributed by atoms with E-state index in [1.165, 1.54) is 0 Å². The second-order valence-corrected chi connectivity index (χ2v) is 6.80. The molecule has 2 fully saturated rings. The Kier molecular flexibility index (Phi) is 4.04. The minimum atomic E-state index is -0.216. The molecule has 1 saturated heterocycles. The Balaban J connectivity index is 1.81. The molecule has 1 aromatic carbocycles. The average Bonchev–Trinajstić information content (AvgIpc) is 3.13. The van der Waals surface area contributed by atoms with E-state index >= 15 is 0 Å². The number of phenols is 1. The van der Waals surface area contributed by atoms with Gasteiger partial charge in [-0.15, -0.1) is 0 Å². The Morgan fingerprint density at radius 3 is 2.67 bits per heavy atom. The summed E-state index contributed by atoms with van der Waals surface area (Å²) in [5.74, 6) is 0.449. The first kappa shape index (κ1) is 14.9. The smallest absolute Gasteiger partial charge is 0.221 e. The van der Waals surface area contributed by atoms with Gasteiger partial charge in [-0.25, -0.2) is 0 Å². The lowest BCUT2D eigenvalue weighted by atomic mass is 9.84. The van der Waals surface area contributed by atoms with Crippen LogP contribution in [0.4, 0.5) is 0 Å². The van der Waals surface area contributed by atoms with Crippen molar-refractivity contribution in [3.05, 3.63) is 27.7 Å². The average molecular weight is 329 g/mol. The molecule has 1 aliphatic carbocycles. The number of hydrogen-bond donors (Lipinski definition) is 3. The summed E-state index contributed by atoms with van der Waals surface area (Å²) < 4.78 is 0. The third-order valence-electron chi connectivity index (χ3n) is 4.59. The third-order valence-corrected chi connectivity index (χ3v) is 5.41. The van der Waals surface area contributed by atoms with E-state index in [1.54, 1.807) is 12.1 Å². The quantitative estimate of drug-likeness (QED) is 0.795. The van der Waals surface area contributed by atoms with E-state index in [0.717, 1.165) is 19.3 Å². The number of hydrogen-bond acceptors (Lipinski definition) is 3. The van der Waals surface area contributed by atoms with Crippen molar-refractivity contribution < 1.29 is 9.90 Å². The van der Waals surface area contributed by atoms with E-state index in [4.69, 9.17) is 28.9 Å². The summed E-state index contributed by atoms with van der Waals surface area (Å²) in [4.78, 5) is 11.7. The normalized spacial score (nSPS) is 26.8. The minimum absolute atomic E-state index is 0.0809. The number of nitrogens with one attached hydrogen (secondary N) is 1. The van der Waals surface area contributed by atoms with Crippen LogP contribution in [-0.4, -0.2) is 17.6 Å². The van der Waals surface area contributed by atoms with Crippen molar-refractivity contribution >= 4 is 29.1 Å². The highest BCUT2D eigenvalue weighted by atomic mass is 35.5. The molecule has 3 rings (SSSR count). The van der Waals surface area contributed by atoms with Gasteiger partial charge in [0.15, 0.2) is 0 Å². The summed E-state index contributed by atoms with van der Waals surface area (Å²) in [5, 5.41) is 14.2. The van der Waals surface area contributed by atoms with Crippen molar-refractivity contribution in [2.24, 2.45) is 23.5 Å². The molecule has 4 nitrogen and oxygen atoms in total. The standard InChI is InChI=1S/C15H18Cl2N2O2/c16-9-3-4-11(20)13(14(9)17)10-5-8(6-19-10)12(15(18)21)7-1-2-7/h3-4,7-8,10,12,19-20H,1-2,5-6H2,(H2,18,21)/t8-,10-,12+/m1/s1. The number of primary amides is 1. The molecule has 1 aromatic rings. The first-order valence-electron chi connectivity index (χ1n) is 7.18. The Morgan fingerprint density at radius 2 is 2.05 bits per heavy atom. The van der Waals surface area contributed by atoms with Crippen molar-refractivity contribution in [2.45, 2.75) is 25.3 Å². The molecule has 4 N–H and O–H groups in total. The molecule has 0 bridgehead atoms. The van der Waals surface area contributed by atoms with Crippen LogP contribution in [0.25, 0.3) is 0 Å². The number of rotatable bonds is 4. The molecule has 1 saturated carbocycles. The topological polar surface area (TPSA) is 75.4 Å². The minimum Gasteiger partial charge on any atom is -0.508 e. The maximum absolute atomic E-state index is 11.7. The largest absolute Gasteiger partial charge is 0.508 e. The van der Waals surface area contributed by atoms with Crippen molar-refractivity contribution in [3.8, 4) is 5.75 Å². The zero-order valence-electron chi connectivity index (χ0n) is 11.5. The van der Waals surface area contributed by atoms with Gasteiger partial charge in [0.1, 0.15) is 5.75 Å². The van der Waals surface area contributed by atoms with Gasteiger partial charge in [-0.1, -0.05) is 23.2 Å². The summed E-state index contributed by atoms with van der Waals surface area (Å²) in [6.07, 6.45) is 2.90. The summed E-state index contributed by atoms with van der Waals surface area (Å²) >= 11 is 12.2. The van der Waals surface area contributed by atoms with Crippen molar-refractivity contribution in [2.75, 3.05) is 6.54 Å². The van der Waals surface area contributed by atoms with Crippen LogP contribution >= 0.6 is 23.2 Å². The highest BCUT2D eigenvalue weighted by Crippen LogP contribution is 2.47. The number of benzene rings is 1. The molecule has 21 heavy (non-hydrogen) atoms. The Bertz CT molecular complexity index is 575. The van der Waals surface area contributed by atoms with E-state index in [0.29, 0.717) is 28.1 Å². The van der Waals surface area contributed by atoms with Crippen LogP contribution in [0.5, 0.6) is 5.75 Å². The van der Waals surface area contributed by atoms with Crippen LogP contribution in [0.15, 0.2) is 12.1 Å². The maximum Gasteiger partial charge on any atom is 0.221 e. The summed E-state index contributed by atoms with van der Waals surface area (Å²) in [7, 11) is 0. The molecule has 0 unspecified atom stereocenters. The van der Waals surface area contributed by atoms with E-state index in [-0.39, 0.29) is 29.5 Å². The number of aromatic hydroxyl groups is 1. The highest BCUT2D eigenvalue weighted by molar-refractivity contribution is 6.42. The van der Waals surface area contributed by atoms with Crippen LogP contribution < -0.4 is 11.1 Å². The van der Waals surface area contributed by atoms with Crippen LogP contribution in [-0.2, 0) is 4.79 Å². The van der Waals surface area contributed by atoms with Gasteiger partial charge in [0, 0.05) is 17.5 Å². The SMILES string of the molecule is NC(=O)[C@@H](C1CC1)[C@H]1CN[C@@H](c2c(O)ccc(Cl)c2Cl)C1. The number of nitrogens with two attached hydrogens (primary N) is 1. The molecule has 114 valence electrons. The van der Waals surface area contributed by atoms with Gasteiger partial charge in [-0.05, 0) is 49.8 Å². The van der Waals surface area contributed by atoms with Gasteiger partial charge in [-0.3, -0.25) is 4.79 Å². The number of carbonyl (C=O) groups is 1. The lowest BCUT2D eigenvalue weighted by Crippen LogP contribution is -2.32. The summed E-state index contributed by atoms with van der Waals surface area (Å²) in [6.45, 7) is 0.705. The molecule has 2 aliphatic rings. The number of phenolic OH excluding ortho intramolecular Hbond substituents is 1. The van der Waals surface area contributed by atoms with Crippen LogP contribution in [0.3, 0.4) is 0 Å². The number of halogens is 2. The molecule has 3 atom stereocenters. The van der Waals surface area contributed by atoms with Crippen molar-refractivity contribution in [1.29, 1.82) is 0 Å². The number of amides is 1. The lowest BCUT2D eigenvalue weighted by Gasteiger charge is -2.20. The first-order chi connectivity index (χ1) is 9.99. The zero-order valence-corrected chi connectivity index (χ0v) is 13.0. The zero-order chi connectivity index (χ0) is 15.1. The Labute approximate surface area is 133 Å². The van der Waals surface area contributed by atoms with Gasteiger partial charge in [0.25, 0.3) is 0 Å². The van der Waals surface area contributed by atoms with Crippen molar-refractivity contribution in [3.63, 3.8) is 0 Å². The first-order valence-corrected chi connectivity index (χ1v) is 7.94. The summed E-state index contributed by atoms with van der Waals surface area (Å²) in [6, 6.07) is 3.03. The fourth-order valence-corrected chi connectivity index (χ4v) is 3.91. The highest BCUT2D eigenvalue weighted by Gasteiger charge is 2.43. The summed E-state index contributed by atoms with van der Waals surface area (Å²) in [5.41, 5.74) is 6.18. The molecule has 0 spiro atoms. The van der Waals surface area contributed by atoms with E-state index in [2.05, 4.69) is 5.32 Å². The fraction of sp³-hybridized carbons (Fsp3) is 0.533. The molecular weight excluding hydrogens is 311 g/mol. The van der Waals surface area contributed by atoms with Crippen molar-refractivity contribution in [1.82, 2.24) is 5.32 Å². The molecule has 1 aliphatic heterocycles. The Morgan fingerprint density at radius 1 is 1.33 bits per heavy atom. The lowest BCUT2D eigenvalue weighted by molar-refractivity contribution is -0.124. The van der Waals surface area contributed by atoms with Crippen LogP contribution in [0, 0.1) is 17.8 Å². The predicted molar refractivity (Wildman–Crippen MR) is 82.4 cm³/mol. The molecule has 0 radical (unpaired) electrons. The van der Waals surface area contributed by atoms with Gasteiger partial charge in [-0.2, -0.15) is 0 Å². The molecule has 1 amide bonds. The van der Waals surface area contributed by atoms with E-state index < -0.39 is 0 Å². The van der Waals surface area contributed by atoms with Gasteiger partial charge in [0.05, 0.1) is 10.0 Å². The van der Waals surface area contributed by atoms with Crippen LogP contribution in [0.1, 0.15) is 30.9 Å². The van der Waals surface area contributed by atoms with Gasteiger partial charge < -0.3 is 16.2 Å². The molecule has 6 heteroatoms. The molecule has 1 heterocycles. The van der Waals surface area contributed by atoms with E-state index in [9.17, 15) is 9.90 Å². The predicted octanol–water partition coefficient (Wildman–Crippen LogP) is 2.86. The Hall–Kier alpha value is -0.970.